The highest BCUT2D eigenvalue weighted by Crippen LogP contribution is 2.22. The van der Waals surface area contributed by atoms with Crippen LogP contribution in [0, 0.1) is 0 Å². The molecule has 0 amide bonds. The Bertz CT molecular complexity index is 980. The second-order valence-corrected chi connectivity index (χ2v) is 13.7. The summed E-state index contributed by atoms with van der Waals surface area (Å²) in [5, 5.41) is 0. The van der Waals surface area contributed by atoms with E-state index in [9.17, 15) is 4.79 Å². The number of ketones is 1. The number of hydrogen-bond donors (Lipinski definition) is 0. The minimum atomic E-state index is 0.0367. The van der Waals surface area contributed by atoms with E-state index < -0.39 is 0 Å². The lowest BCUT2D eigenvalue weighted by Crippen LogP contribution is -1.97. The molecule has 0 aliphatic heterocycles. The van der Waals surface area contributed by atoms with E-state index in [-0.39, 0.29) is 5.78 Å². The Morgan fingerprint density at radius 2 is 1.11 bits per heavy atom. The molecular formula is C41H64O2S. The quantitative estimate of drug-likeness (QED) is 0.0392. The van der Waals surface area contributed by atoms with E-state index in [1.807, 2.05) is 54.2 Å². The topological polar surface area (TPSA) is 26.3 Å². The summed E-state index contributed by atoms with van der Waals surface area (Å²) >= 11 is 1.91. The fourth-order valence-electron chi connectivity index (χ4n) is 5.60. The van der Waals surface area contributed by atoms with Crippen molar-refractivity contribution in [2.24, 2.45) is 0 Å². The van der Waals surface area contributed by atoms with Gasteiger partial charge in [0.15, 0.2) is 5.78 Å². The van der Waals surface area contributed by atoms with Gasteiger partial charge in [0.25, 0.3) is 0 Å². The number of rotatable bonds is 29. The number of allylic oxidation sites excluding steroid dienone is 1. The zero-order chi connectivity index (χ0) is 31.3. The third kappa shape index (κ3) is 20.1. The van der Waals surface area contributed by atoms with Crippen LogP contribution in [-0.2, 0) is 0 Å². The van der Waals surface area contributed by atoms with Crippen molar-refractivity contribution < 1.29 is 9.53 Å². The number of hydrogen-bond acceptors (Lipinski definition) is 3. The minimum Gasteiger partial charge on any atom is -0.494 e. The van der Waals surface area contributed by atoms with Crippen LogP contribution < -0.4 is 4.74 Å². The van der Waals surface area contributed by atoms with Crippen LogP contribution in [0.3, 0.4) is 0 Å². The summed E-state index contributed by atoms with van der Waals surface area (Å²) in [6.45, 7) is 5.23. The lowest BCUT2D eigenvalue weighted by atomic mass is 10.0. The first-order valence-corrected chi connectivity index (χ1v) is 19.4. The van der Waals surface area contributed by atoms with Crippen molar-refractivity contribution in [1.29, 1.82) is 0 Å². The van der Waals surface area contributed by atoms with Gasteiger partial charge in [0, 0.05) is 10.5 Å². The Morgan fingerprint density at radius 1 is 0.614 bits per heavy atom. The number of thioether (sulfide) groups is 1. The maximum atomic E-state index is 12.7. The van der Waals surface area contributed by atoms with E-state index >= 15 is 0 Å². The van der Waals surface area contributed by atoms with Gasteiger partial charge in [-0.1, -0.05) is 160 Å². The molecule has 2 aromatic carbocycles. The van der Waals surface area contributed by atoms with E-state index in [0.29, 0.717) is 0 Å². The van der Waals surface area contributed by atoms with Crippen molar-refractivity contribution in [2.75, 3.05) is 12.4 Å². The molecule has 0 heterocycles. The van der Waals surface area contributed by atoms with E-state index in [0.717, 1.165) is 35.7 Å². The molecule has 246 valence electrons. The molecule has 0 saturated heterocycles. The SMILES string of the molecule is CCCCCCCCCCCCCCCCCCCCCSc1ccc(C(=O)/C=C/c2cccc(OCCCCC)c2)cc1. The zero-order valence-electron chi connectivity index (χ0n) is 28.5. The molecule has 2 nitrogen and oxygen atoms in total. The van der Waals surface area contributed by atoms with Gasteiger partial charge < -0.3 is 4.74 Å². The van der Waals surface area contributed by atoms with Gasteiger partial charge in [0.2, 0.25) is 0 Å². The molecule has 0 aliphatic rings. The highest BCUT2D eigenvalue weighted by molar-refractivity contribution is 7.99. The summed E-state index contributed by atoms with van der Waals surface area (Å²) in [5.74, 6) is 2.06. The molecule has 44 heavy (non-hydrogen) atoms. The van der Waals surface area contributed by atoms with Crippen molar-refractivity contribution >= 4 is 23.6 Å². The lowest BCUT2D eigenvalue weighted by molar-refractivity contribution is 0.104. The minimum absolute atomic E-state index is 0.0367. The predicted molar refractivity (Wildman–Crippen MR) is 195 cm³/mol. The third-order valence-electron chi connectivity index (χ3n) is 8.46. The number of ether oxygens (including phenoxy) is 1. The number of carbonyl (C=O) groups is 1. The fraction of sp³-hybridized carbons (Fsp3) is 0.634. The lowest BCUT2D eigenvalue weighted by Gasteiger charge is -2.06. The molecular weight excluding hydrogens is 557 g/mol. The first-order valence-electron chi connectivity index (χ1n) is 18.4. The largest absolute Gasteiger partial charge is 0.494 e. The molecule has 0 aromatic heterocycles. The molecule has 0 spiro atoms. The highest BCUT2D eigenvalue weighted by Gasteiger charge is 2.03. The summed E-state index contributed by atoms with van der Waals surface area (Å²) < 4.78 is 5.84. The summed E-state index contributed by atoms with van der Waals surface area (Å²) in [6, 6.07) is 16.0. The standard InChI is InChI=1S/C41H64O2S/c1-3-5-7-8-9-10-11-12-13-14-15-16-17-18-19-20-21-22-24-35-44-40-31-29-38(30-32-40)41(42)33-28-37-26-25-27-39(36-37)43-34-23-6-4-2/h25-33,36H,3-24,34-35H2,1-2H3/b33-28+. The monoisotopic (exact) mass is 620 g/mol. The molecule has 0 unspecified atom stereocenters. The fourth-order valence-corrected chi connectivity index (χ4v) is 6.52. The first-order chi connectivity index (χ1) is 21.7. The second-order valence-electron chi connectivity index (χ2n) is 12.6. The molecule has 3 heteroatoms. The Morgan fingerprint density at radius 3 is 1.66 bits per heavy atom. The van der Waals surface area contributed by atoms with Gasteiger partial charge in [0.1, 0.15) is 5.75 Å². The van der Waals surface area contributed by atoms with Gasteiger partial charge >= 0.3 is 0 Å². The van der Waals surface area contributed by atoms with Gasteiger partial charge in [0.05, 0.1) is 6.61 Å². The average Bonchev–Trinajstić information content (AvgIpc) is 3.05. The molecule has 0 radical (unpaired) electrons. The van der Waals surface area contributed by atoms with Crippen LogP contribution >= 0.6 is 11.8 Å². The smallest absolute Gasteiger partial charge is 0.185 e. The summed E-state index contributed by atoms with van der Waals surface area (Å²) in [5.41, 5.74) is 1.72. The molecule has 0 aliphatic carbocycles. The van der Waals surface area contributed by atoms with Crippen LogP contribution in [0.5, 0.6) is 5.75 Å². The van der Waals surface area contributed by atoms with Crippen molar-refractivity contribution in [1.82, 2.24) is 0 Å². The van der Waals surface area contributed by atoms with E-state index in [4.69, 9.17) is 4.74 Å². The van der Waals surface area contributed by atoms with E-state index in [1.54, 1.807) is 6.08 Å². The van der Waals surface area contributed by atoms with Crippen molar-refractivity contribution in [3.8, 4) is 5.75 Å². The second kappa shape index (κ2) is 27.3. The van der Waals surface area contributed by atoms with E-state index in [2.05, 4.69) is 26.0 Å². The van der Waals surface area contributed by atoms with Crippen LogP contribution in [0.4, 0.5) is 0 Å². The van der Waals surface area contributed by atoms with Gasteiger partial charge in [-0.2, -0.15) is 0 Å². The Balaban J connectivity index is 1.43. The van der Waals surface area contributed by atoms with Crippen molar-refractivity contribution in [3.63, 3.8) is 0 Å². The van der Waals surface area contributed by atoms with Crippen LogP contribution in [0.1, 0.15) is 171 Å². The number of unbranched alkanes of at least 4 members (excludes halogenated alkanes) is 20. The molecule has 2 aromatic rings. The van der Waals surface area contributed by atoms with Gasteiger partial charge in [-0.05, 0) is 66.6 Å². The first kappa shape index (κ1) is 38.2. The Kier molecular flexibility index (Phi) is 23.7. The molecule has 0 bridgehead atoms. The molecule has 0 atom stereocenters. The zero-order valence-corrected chi connectivity index (χ0v) is 29.3. The normalized spacial score (nSPS) is 11.4. The van der Waals surface area contributed by atoms with Crippen LogP contribution in [0.25, 0.3) is 6.08 Å². The predicted octanol–water partition coefficient (Wildman–Crippen LogP) is 13.7. The highest BCUT2D eigenvalue weighted by atomic mass is 32.2. The van der Waals surface area contributed by atoms with Gasteiger partial charge in [-0.15, -0.1) is 11.8 Å². The van der Waals surface area contributed by atoms with E-state index in [1.165, 1.54) is 140 Å². The Hall–Kier alpha value is -2.00. The summed E-state index contributed by atoms with van der Waals surface area (Å²) in [7, 11) is 0. The maximum absolute atomic E-state index is 12.7. The summed E-state index contributed by atoms with van der Waals surface area (Å²) in [6.07, 6.45) is 33.9. The van der Waals surface area contributed by atoms with Gasteiger partial charge in [-0.25, -0.2) is 0 Å². The van der Waals surface area contributed by atoms with Crippen LogP contribution in [-0.4, -0.2) is 18.1 Å². The molecule has 2 rings (SSSR count). The van der Waals surface area contributed by atoms with Crippen LogP contribution in [0.15, 0.2) is 59.5 Å². The molecule has 0 fully saturated rings. The van der Waals surface area contributed by atoms with Gasteiger partial charge in [-0.3, -0.25) is 4.79 Å². The molecule has 0 saturated carbocycles. The molecule has 0 N–H and O–H groups in total. The number of carbonyl (C=O) groups excluding carboxylic acids is 1. The van der Waals surface area contributed by atoms with Crippen molar-refractivity contribution in [3.05, 3.63) is 65.7 Å². The third-order valence-corrected chi connectivity index (χ3v) is 9.56. The van der Waals surface area contributed by atoms with Crippen LogP contribution in [0.2, 0.25) is 0 Å². The maximum Gasteiger partial charge on any atom is 0.185 e. The number of benzene rings is 2. The Labute approximate surface area is 276 Å². The summed E-state index contributed by atoms with van der Waals surface area (Å²) in [4.78, 5) is 13.9. The van der Waals surface area contributed by atoms with Crippen molar-refractivity contribution in [2.45, 2.75) is 160 Å². The average molecular weight is 621 g/mol.